The normalized spacial score (nSPS) is 26.4. The number of aryl methyl sites for hydroxylation is 1. The van der Waals surface area contributed by atoms with Crippen LogP contribution in [-0.2, 0) is 11.2 Å². The summed E-state index contributed by atoms with van der Waals surface area (Å²) in [6.45, 7) is 5.66. The Kier molecular flexibility index (Phi) is 4.03. The fourth-order valence-corrected chi connectivity index (χ4v) is 2.99. The molecule has 2 fully saturated rings. The molecule has 2 saturated heterocycles. The Hall–Kier alpha value is -1.40. The zero-order valence-electron chi connectivity index (χ0n) is 11.9. The van der Waals surface area contributed by atoms with Gasteiger partial charge in [-0.15, -0.1) is 0 Å². The van der Waals surface area contributed by atoms with Gasteiger partial charge in [0.05, 0.1) is 12.7 Å². The number of aromatic amines is 1. The molecule has 2 N–H and O–H groups in total. The lowest BCUT2D eigenvalue weighted by molar-refractivity contribution is -0.0416. The van der Waals surface area contributed by atoms with E-state index in [1.165, 1.54) is 25.5 Å². The van der Waals surface area contributed by atoms with E-state index in [1.54, 1.807) is 0 Å². The summed E-state index contributed by atoms with van der Waals surface area (Å²) < 4.78 is 5.88. The Morgan fingerprint density at radius 1 is 1.60 bits per heavy atom. The van der Waals surface area contributed by atoms with E-state index in [2.05, 4.69) is 20.2 Å². The van der Waals surface area contributed by atoms with E-state index in [1.807, 2.05) is 6.92 Å². The number of morpholine rings is 1. The maximum atomic E-state index is 11.5. The summed E-state index contributed by atoms with van der Waals surface area (Å²) in [5, 5.41) is 3.23. The van der Waals surface area contributed by atoms with Crippen LogP contribution in [0, 0.1) is 0 Å². The van der Waals surface area contributed by atoms with Crippen molar-refractivity contribution in [3.8, 4) is 0 Å². The second kappa shape index (κ2) is 5.93. The van der Waals surface area contributed by atoms with Crippen LogP contribution in [0.5, 0.6) is 0 Å². The molecule has 2 aliphatic heterocycles. The Bertz CT molecular complexity index is 516. The van der Waals surface area contributed by atoms with Crippen molar-refractivity contribution in [1.29, 1.82) is 0 Å². The summed E-state index contributed by atoms with van der Waals surface area (Å²) in [6, 6.07) is 2.12. The predicted molar refractivity (Wildman–Crippen MR) is 77.1 cm³/mol. The van der Waals surface area contributed by atoms with E-state index in [0.29, 0.717) is 24.2 Å². The molecule has 0 bridgehead atoms. The first kappa shape index (κ1) is 13.6. The van der Waals surface area contributed by atoms with Crippen molar-refractivity contribution in [2.75, 3.05) is 31.6 Å². The first-order valence-electron chi connectivity index (χ1n) is 7.44. The molecule has 1 aromatic heterocycles. The number of aromatic nitrogens is 2. The molecular weight excluding hydrogens is 256 g/mol. The molecule has 20 heavy (non-hydrogen) atoms. The molecule has 2 unspecified atom stereocenters. The van der Waals surface area contributed by atoms with Gasteiger partial charge in [0.15, 0.2) is 0 Å². The number of hydrogen-bond donors (Lipinski definition) is 2. The van der Waals surface area contributed by atoms with Crippen molar-refractivity contribution in [1.82, 2.24) is 14.9 Å². The van der Waals surface area contributed by atoms with Gasteiger partial charge in [-0.1, -0.05) is 6.92 Å². The summed E-state index contributed by atoms with van der Waals surface area (Å²) in [5.41, 5.74) is -0.108. The molecule has 6 heteroatoms. The van der Waals surface area contributed by atoms with E-state index in [9.17, 15) is 4.79 Å². The zero-order chi connectivity index (χ0) is 13.9. The minimum Gasteiger partial charge on any atom is -0.373 e. The average molecular weight is 278 g/mol. The monoisotopic (exact) mass is 278 g/mol. The minimum absolute atomic E-state index is 0.108. The number of rotatable bonds is 4. The van der Waals surface area contributed by atoms with Crippen molar-refractivity contribution in [2.45, 2.75) is 38.3 Å². The van der Waals surface area contributed by atoms with Gasteiger partial charge in [0.25, 0.3) is 5.56 Å². The fourth-order valence-electron chi connectivity index (χ4n) is 2.99. The van der Waals surface area contributed by atoms with Crippen LogP contribution in [0.1, 0.15) is 25.6 Å². The van der Waals surface area contributed by atoms with Crippen LogP contribution in [0.4, 0.5) is 5.82 Å². The number of H-pyrrole nitrogens is 1. The molecule has 0 saturated carbocycles. The number of anilines is 1. The molecule has 0 aliphatic carbocycles. The van der Waals surface area contributed by atoms with Gasteiger partial charge in [0, 0.05) is 31.6 Å². The second-order valence-corrected chi connectivity index (χ2v) is 5.56. The molecule has 0 amide bonds. The Balaban J connectivity index is 1.57. The van der Waals surface area contributed by atoms with Crippen molar-refractivity contribution >= 4 is 5.82 Å². The summed E-state index contributed by atoms with van der Waals surface area (Å²) in [4.78, 5) is 21.1. The quantitative estimate of drug-likeness (QED) is 0.844. The molecule has 6 nitrogen and oxygen atoms in total. The lowest BCUT2D eigenvalue weighted by Gasteiger charge is -2.35. The average Bonchev–Trinajstić information content (AvgIpc) is 2.92. The topological polar surface area (TPSA) is 70.2 Å². The highest BCUT2D eigenvalue weighted by Crippen LogP contribution is 2.22. The largest absolute Gasteiger partial charge is 0.373 e. The molecule has 3 rings (SSSR count). The van der Waals surface area contributed by atoms with E-state index >= 15 is 0 Å². The summed E-state index contributed by atoms with van der Waals surface area (Å²) in [6.07, 6.45) is 3.44. The summed E-state index contributed by atoms with van der Waals surface area (Å²) in [7, 11) is 0. The van der Waals surface area contributed by atoms with Crippen LogP contribution in [0.15, 0.2) is 10.9 Å². The van der Waals surface area contributed by atoms with Gasteiger partial charge < -0.3 is 15.0 Å². The van der Waals surface area contributed by atoms with Crippen LogP contribution >= 0.6 is 0 Å². The highest BCUT2D eigenvalue weighted by atomic mass is 16.5. The smallest absolute Gasteiger partial charge is 0.252 e. The molecule has 1 aromatic rings. The number of fused-ring (bicyclic) bond motifs is 1. The lowest BCUT2D eigenvalue weighted by atomic mass is 10.2. The molecular formula is C14H22N4O2. The maximum absolute atomic E-state index is 11.5. The third-order valence-electron chi connectivity index (χ3n) is 4.10. The summed E-state index contributed by atoms with van der Waals surface area (Å²) >= 11 is 0. The highest BCUT2D eigenvalue weighted by molar-refractivity contribution is 5.33. The Morgan fingerprint density at radius 3 is 3.35 bits per heavy atom. The van der Waals surface area contributed by atoms with Gasteiger partial charge in [-0.2, -0.15) is 0 Å². The van der Waals surface area contributed by atoms with Crippen molar-refractivity contribution < 1.29 is 4.74 Å². The first-order chi connectivity index (χ1) is 9.74. The molecule has 0 radical (unpaired) electrons. The van der Waals surface area contributed by atoms with Crippen LogP contribution in [-0.4, -0.2) is 53.3 Å². The third-order valence-corrected chi connectivity index (χ3v) is 4.10. The molecule has 2 aliphatic rings. The van der Waals surface area contributed by atoms with Crippen molar-refractivity contribution in [3.05, 3.63) is 22.2 Å². The molecule has 110 valence electrons. The standard InChI is InChI=1S/C14H22N4O2/c1-2-12-16-13(6-14(19)17-12)15-7-11-8-18-5-3-4-10(18)9-20-11/h6,10-11H,2-5,7-9H2,1H3,(H2,15,16,17,19). The van der Waals surface area contributed by atoms with Gasteiger partial charge in [-0.3, -0.25) is 9.69 Å². The number of nitrogens with one attached hydrogen (secondary N) is 2. The van der Waals surface area contributed by atoms with E-state index in [0.717, 1.165) is 19.6 Å². The number of ether oxygens (including phenoxy) is 1. The van der Waals surface area contributed by atoms with Gasteiger partial charge in [-0.25, -0.2) is 4.98 Å². The van der Waals surface area contributed by atoms with Crippen molar-refractivity contribution in [2.24, 2.45) is 0 Å². The number of nitrogens with zero attached hydrogens (tertiary/aromatic N) is 2. The van der Waals surface area contributed by atoms with Gasteiger partial charge in [0.2, 0.25) is 0 Å². The predicted octanol–water partition coefficient (Wildman–Crippen LogP) is 0.607. The molecule has 0 aromatic carbocycles. The van der Waals surface area contributed by atoms with Crippen LogP contribution in [0.2, 0.25) is 0 Å². The molecule has 0 spiro atoms. The third kappa shape index (κ3) is 3.02. The lowest BCUT2D eigenvalue weighted by Crippen LogP contribution is -2.48. The Labute approximate surface area is 118 Å². The highest BCUT2D eigenvalue weighted by Gasteiger charge is 2.31. The fraction of sp³-hybridized carbons (Fsp3) is 0.714. The van der Waals surface area contributed by atoms with E-state index < -0.39 is 0 Å². The first-order valence-corrected chi connectivity index (χ1v) is 7.44. The van der Waals surface area contributed by atoms with Crippen molar-refractivity contribution in [3.63, 3.8) is 0 Å². The molecule has 3 heterocycles. The molecule has 2 atom stereocenters. The van der Waals surface area contributed by atoms with Gasteiger partial charge >= 0.3 is 0 Å². The van der Waals surface area contributed by atoms with Gasteiger partial charge in [-0.05, 0) is 19.4 Å². The second-order valence-electron chi connectivity index (χ2n) is 5.56. The number of hydrogen-bond acceptors (Lipinski definition) is 5. The maximum Gasteiger partial charge on any atom is 0.252 e. The van der Waals surface area contributed by atoms with Crippen LogP contribution < -0.4 is 10.9 Å². The van der Waals surface area contributed by atoms with Crippen LogP contribution in [0.3, 0.4) is 0 Å². The zero-order valence-corrected chi connectivity index (χ0v) is 11.9. The Morgan fingerprint density at radius 2 is 2.50 bits per heavy atom. The SMILES string of the molecule is CCc1nc(NCC2CN3CCCC3CO2)cc(=O)[nH]1. The minimum atomic E-state index is -0.108. The van der Waals surface area contributed by atoms with Gasteiger partial charge in [0.1, 0.15) is 11.6 Å². The van der Waals surface area contributed by atoms with E-state index in [4.69, 9.17) is 4.74 Å². The van der Waals surface area contributed by atoms with E-state index in [-0.39, 0.29) is 11.7 Å². The summed E-state index contributed by atoms with van der Waals surface area (Å²) in [5.74, 6) is 1.35. The van der Waals surface area contributed by atoms with Crippen LogP contribution in [0.25, 0.3) is 0 Å².